The van der Waals surface area contributed by atoms with Crippen molar-refractivity contribution in [2.24, 2.45) is 0 Å². The average Bonchev–Trinajstić information content (AvgIpc) is 2.54. The molecule has 2 aromatic rings. The van der Waals surface area contributed by atoms with E-state index in [0.717, 1.165) is 0 Å². The van der Waals surface area contributed by atoms with Gasteiger partial charge in [-0.2, -0.15) is 5.10 Å². The fourth-order valence-corrected chi connectivity index (χ4v) is 2.12. The molecule has 0 aliphatic rings. The van der Waals surface area contributed by atoms with Gasteiger partial charge in [-0.15, -0.1) is 0 Å². The summed E-state index contributed by atoms with van der Waals surface area (Å²) in [6, 6.07) is 8.09. The summed E-state index contributed by atoms with van der Waals surface area (Å²) in [6.45, 7) is 3.23. The number of rotatable bonds is 5. The molecular formula is C16H16ClN3O4. The van der Waals surface area contributed by atoms with E-state index in [-0.39, 0.29) is 18.8 Å². The van der Waals surface area contributed by atoms with Gasteiger partial charge < -0.3 is 10.1 Å². The van der Waals surface area contributed by atoms with Crippen LogP contribution in [0.3, 0.4) is 0 Å². The normalized spacial score (nSPS) is 10.3. The number of ether oxygens (including phenoxy) is 1. The van der Waals surface area contributed by atoms with Crippen LogP contribution in [0.25, 0.3) is 5.69 Å². The molecule has 0 unspecified atom stereocenters. The first-order chi connectivity index (χ1) is 11.4. The van der Waals surface area contributed by atoms with Gasteiger partial charge in [-0.1, -0.05) is 11.6 Å². The largest absolute Gasteiger partial charge is 0.465 e. The number of nitrogens with one attached hydrogen (secondary N) is 1. The second kappa shape index (κ2) is 7.74. The molecule has 2 rings (SSSR count). The van der Waals surface area contributed by atoms with Crippen molar-refractivity contribution in [2.75, 3.05) is 13.2 Å². The minimum absolute atomic E-state index is 0.209. The van der Waals surface area contributed by atoms with Crippen LogP contribution >= 0.6 is 11.6 Å². The Labute approximate surface area is 143 Å². The van der Waals surface area contributed by atoms with Crippen LogP contribution in [-0.4, -0.2) is 34.8 Å². The zero-order chi connectivity index (χ0) is 17.7. The van der Waals surface area contributed by atoms with Gasteiger partial charge in [0.05, 0.1) is 12.3 Å². The molecule has 1 heterocycles. The third-order valence-corrected chi connectivity index (χ3v) is 3.34. The molecule has 24 heavy (non-hydrogen) atoms. The lowest BCUT2D eigenvalue weighted by molar-refractivity contribution is -0.141. The zero-order valence-corrected chi connectivity index (χ0v) is 14.0. The van der Waals surface area contributed by atoms with E-state index in [4.69, 9.17) is 16.3 Å². The standard InChI is InChI=1S/C16H16ClN3O4/c1-3-24-14(22)9-18-16(23)15-13(21)8-10(2)20(19-15)12-6-4-11(17)5-7-12/h4-8H,3,9H2,1-2H3,(H,18,23). The number of nitrogens with zero attached hydrogens (tertiary/aromatic N) is 2. The minimum atomic E-state index is -0.740. The predicted molar refractivity (Wildman–Crippen MR) is 88.5 cm³/mol. The summed E-state index contributed by atoms with van der Waals surface area (Å²) in [5.41, 5.74) is 0.375. The number of carbonyl (C=O) groups is 2. The van der Waals surface area contributed by atoms with E-state index in [2.05, 4.69) is 10.4 Å². The number of aryl methyl sites for hydroxylation is 1. The van der Waals surface area contributed by atoms with E-state index >= 15 is 0 Å². The van der Waals surface area contributed by atoms with E-state index in [1.165, 1.54) is 10.7 Å². The van der Waals surface area contributed by atoms with Crippen LogP contribution in [0.4, 0.5) is 0 Å². The number of hydrogen-bond acceptors (Lipinski definition) is 5. The molecule has 0 bridgehead atoms. The number of amides is 1. The Morgan fingerprint density at radius 1 is 1.29 bits per heavy atom. The van der Waals surface area contributed by atoms with Crippen LogP contribution < -0.4 is 10.7 Å². The fourth-order valence-electron chi connectivity index (χ4n) is 2.00. The lowest BCUT2D eigenvalue weighted by Crippen LogP contribution is -2.35. The summed E-state index contributed by atoms with van der Waals surface area (Å²) in [7, 11) is 0. The second-order valence-corrected chi connectivity index (χ2v) is 5.31. The van der Waals surface area contributed by atoms with Crippen LogP contribution in [0.1, 0.15) is 23.1 Å². The molecule has 0 saturated heterocycles. The lowest BCUT2D eigenvalue weighted by Gasteiger charge is -2.11. The summed E-state index contributed by atoms with van der Waals surface area (Å²) in [4.78, 5) is 35.4. The first-order valence-electron chi connectivity index (χ1n) is 7.23. The highest BCUT2D eigenvalue weighted by atomic mass is 35.5. The maximum absolute atomic E-state index is 12.1. The molecule has 1 aromatic carbocycles. The van der Waals surface area contributed by atoms with Gasteiger partial charge >= 0.3 is 5.97 Å². The maximum Gasteiger partial charge on any atom is 0.325 e. The Hall–Kier alpha value is -2.67. The number of benzene rings is 1. The van der Waals surface area contributed by atoms with Crippen molar-refractivity contribution >= 4 is 23.5 Å². The van der Waals surface area contributed by atoms with Crippen molar-refractivity contribution in [3.63, 3.8) is 0 Å². The number of hydrogen-bond donors (Lipinski definition) is 1. The molecular weight excluding hydrogens is 334 g/mol. The molecule has 0 aliphatic heterocycles. The van der Waals surface area contributed by atoms with Gasteiger partial charge in [0.2, 0.25) is 5.43 Å². The molecule has 1 aromatic heterocycles. The molecule has 1 N–H and O–H groups in total. The van der Waals surface area contributed by atoms with E-state index in [9.17, 15) is 14.4 Å². The average molecular weight is 350 g/mol. The van der Waals surface area contributed by atoms with Crippen LogP contribution in [0, 0.1) is 6.92 Å². The molecule has 0 spiro atoms. The Balaban J connectivity index is 2.29. The van der Waals surface area contributed by atoms with Crippen molar-refractivity contribution in [3.05, 3.63) is 57.0 Å². The molecule has 0 atom stereocenters. The Kier molecular flexibility index (Phi) is 5.70. The molecule has 8 heteroatoms. The minimum Gasteiger partial charge on any atom is -0.465 e. The summed E-state index contributed by atoms with van der Waals surface area (Å²) < 4.78 is 6.17. The van der Waals surface area contributed by atoms with Gasteiger partial charge in [0, 0.05) is 16.8 Å². The molecule has 126 valence electrons. The topological polar surface area (TPSA) is 90.3 Å². The number of aromatic nitrogens is 2. The van der Waals surface area contributed by atoms with Crippen LogP contribution in [-0.2, 0) is 9.53 Å². The molecule has 0 saturated carbocycles. The van der Waals surface area contributed by atoms with Gasteiger partial charge in [-0.25, -0.2) is 4.68 Å². The molecule has 0 aliphatic carbocycles. The van der Waals surface area contributed by atoms with Crippen molar-refractivity contribution in [2.45, 2.75) is 13.8 Å². The van der Waals surface area contributed by atoms with Crippen molar-refractivity contribution in [1.82, 2.24) is 15.1 Å². The third kappa shape index (κ3) is 4.20. The highest BCUT2D eigenvalue weighted by Gasteiger charge is 2.16. The zero-order valence-electron chi connectivity index (χ0n) is 13.2. The van der Waals surface area contributed by atoms with E-state index in [1.807, 2.05) is 0 Å². The summed E-state index contributed by atoms with van der Waals surface area (Å²) in [6.07, 6.45) is 0. The fraction of sp³-hybridized carbons (Fsp3) is 0.250. The van der Waals surface area contributed by atoms with Crippen molar-refractivity contribution < 1.29 is 14.3 Å². The first-order valence-corrected chi connectivity index (χ1v) is 7.61. The maximum atomic E-state index is 12.1. The first kappa shape index (κ1) is 17.7. The van der Waals surface area contributed by atoms with E-state index < -0.39 is 17.3 Å². The monoisotopic (exact) mass is 349 g/mol. The summed E-state index contributed by atoms with van der Waals surface area (Å²) >= 11 is 5.85. The van der Waals surface area contributed by atoms with Crippen LogP contribution in [0.2, 0.25) is 5.02 Å². The van der Waals surface area contributed by atoms with Gasteiger partial charge in [-0.3, -0.25) is 14.4 Å². The Bertz CT molecular complexity index is 815. The number of halogens is 1. The lowest BCUT2D eigenvalue weighted by atomic mass is 10.2. The molecule has 1 amide bonds. The van der Waals surface area contributed by atoms with Crippen LogP contribution in [0.5, 0.6) is 0 Å². The molecule has 0 radical (unpaired) electrons. The van der Waals surface area contributed by atoms with E-state index in [0.29, 0.717) is 16.4 Å². The Morgan fingerprint density at radius 3 is 2.58 bits per heavy atom. The number of carbonyl (C=O) groups excluding carboxylic acids is 2. The predicted octanol–water partition coefficient (Wildman–Crippen LogP) is 1.49. The van der Waals surface area contributed by atoms with E-state index in [1.54, 1.807) is 38.1 Å². The summed E-state index contributed by atoms with van der Waals surface area (Å²) in [5, 5.41) is 6.97. The highest BCUT2D eigenvalue weighted by Crippen LogP contribution is 2.13. The van der Waals surface area contributed by atoms with Crippen molar-refractivity contribution in [1.29, 1.82) is 0 Å². The quantitative estimate of drug-likeness (QED) is 0.826. The Morgan fingerprint density at radius 2 is 1.96 bits per heavy atom. The SMILES string of the molecule is CCOC(=O)CNC(=O)c1nn(-c2ccc(Cl)cc2)c(C)cc1=O. The smallest absolute Gasteiger partial charge is 0.325 e. The van der Waals surface area contributed by atoms with Gasteiger partial charge in [0.15, 0.2) is 5.69 Å². The molecule has 7 nitrogen and oxygen atoms in total. The molecule has 0 fully saturated rings. The number of esters is 1. The summed E-state index contributed by atoms with van der Waals surface area (Å²) in [5.74, 6) is -1.33. The van der Waals surface area contributed by atoms with Crippen LogP contribution in [0.15, 0.2) is 35.1 Å². The highest BCUT2D eigenvalue weighted by molar-refractivity contribution is 6.30. The van der Waals surface area contributed by atoms with Gasteiger partial charge in [0.25, 0.3) is 5.91 Å². The van der Waals surface area contributed by atoms with Crippen molar-refractivity contribution in [3.8, 4) is 5.69 Å². The van der Waals surface area contributed by atoms with Gasteiger partial charge in [0.1, 0.15) is 6.54 Å². The van der Waals surface area contributed by atoms with Gasteiger partial charge in [-0.05, 0) is 38.1 Å². The third-order valence-electron chi connectivity index (χ3n) is 3.09. The second-order valence-electron chi connectivity index (χ2n) is 4.87.